The number of carboxylic acid groups (broad SMARTS) is 1. The van der Waals surface area contributed by atoms with Crippen molar-refractivity contribution in [2.24, 2.45) is 5.92 Å². The zero-order chi connectivity index (χ0) is 20.3. The van der Waals surface area contributed by atoms with Crippen LogP contribution in [-0.2, 0) is 0 Å². The highest BCUT2D eigenvalue weighted by molar-refractivity contribution is 6.33. The van der Waals surface area contributed by atoms with Gasteiger partial charge in [-0.25, -0.2) is 9.18 Å². The molecule has 150 valence electrons. The fourth-order valence-electron chi connectivity index (χ4n) is 3.63. The van der Waals surface area contributed by atoms with Crippen molar-refractivity contribution in [2.45, 2.75) is 38.6 Å². The number of nitrogens with one attached hydrogen (secondary N) is 2. The summed E-state index contributed by atoms with van der Waals surface area (Å²) < 4.78 is 19.4. The summed E-state index contributed by atoms with van der Waals surface area (Å²) in [4.78, 5) is 23.6. The molecule has 1 aliphatic carbocycles. The molecule has 2 aromatic rings. The van der Waals surface area contributed by atoms with E-state index in [4.69, 9.17) is 21.2 Å². The van der Waals surface area contributed by atoms with Crippen molar-refractivity contribution in [1.82, 2.24) is 15.8 Å². The number of halogens is 2. The minimum atomic E-state index is -1.06. The number of carbonyl (C=O) groups excluding carboxylic acids is 1. The molecule has 3 N–H and O–H groups in total. The average Bonchev–Trinajstić information content (AvgIpc) is 3.01. The van der Waals surface area contributed by atoms with Gasteiger partial charge in [0.15, 0.2) is 0 Å². The number of carbonyl (C=O) groups is 2. The number of nitrogens with zero attached hydrogens (tertiary/aromatic N) is 1. The molecule has 0 bridgehead atoms. The van der Waals surface area contributed by atoms with Gasteiger partial charge in [-0.2, -0.15) is 0 Å². The Morgan fingerprint density at radius 1 is 1.39 bits per heavy atom. The summed E-state index contributed by atoms with van der Waals surface area (Å²) in [6.07, 6.45) is 2.17. The van der Waals surface area contributed by atoms with Gasteiger partial charge in [0.05, 0.1) is 10.6 Å². The molecule has 28 heavy (non-hydrogen) atoms. The van der Waals surface area contributed by atoms with E-state index in [-0.39, 0.29) is 39.6 Å². The highest BCUT2D eigenvalue weighted by atomic mass is 35.5. The number of aryl methyl sites for hydroxylation is 1. The predicted molar refractivity (Wildman–Crippen MR) is 101 cm³/mol. The molecule has 7 nitrogen and oxygen atoms in total. The molecule has 0 spiro atoms. The Hall–Kier alpha value is -2.61. The van der Waals surface area contributed by atoms with Crippen molar-refractivity contribution in [3.8, 4) is 11.3 Å². The molecule has 9 heteroatoms. The van der Waals surface area contributed by atoms with Crippen LogP contribution in [0.3, 0.4) is 0 Å². The first kappa shape index (κ1) is 20.1. The van der Waals surface area contributed by atoms with Crippen molar-refractivity contribution >= 4 is 23.6 Å². The Morgan fingerprint density at radius 3 is 2.89 bits per heavy atom. The molecule has 3 rings (SSSR count). The summed E-state index contributed by atoms with van der Waals surface area (Å²) in [5.41, 5.74) is 0.245. The molecular weight excluding hydrogens is 389 g/mol. The van der Waals surface area contributed by atoms with Crippen LogP contribution in [0.1, 0.15) is 41.8 Å². The van der Waals surface area contributed by atoms with Crippen LogP contribution in [0, 0.1) is 18.7 Å². The second-order valence-electron chi connectivity index (χ2n) is 6.95. The van der Waals surface area contributed by atoms with Crippen LogP contribution in [0.2, 0.25) is 5.02 Å². The zero-order valence-electron chi connectivity index (χ0n) is 15.3. The number of hydrogen-bond acceptors (Lipinski definition) is 4. The van der Waals surface area contributed by atoms with E-state index in [1.807, 2.05) is 0 Å². The summed E-state index contributed by atoms with van der Waals surface area (Å²) >= 11 is 6.11. The topological polar surface area (TPSA) is 104 Å². The van der Waals surface area contributed by atoms with E-state index in [1.165, 1.54) is 18.2 Å². The van der Waals surface area contributed by atoms with Crippen LogP contribution in [-0.4, -0.2) is 34.9 Å². The third-order valence-electron chi connectivity index (χ3n) is 4.95. The van der Waals surface area contributed by atoms with Crippen LogP contribution in [0.5, 0.6) is 0 Å². The van der Waals surface area contributed by atoms with Gasteiger partial charge in [-0.3, -0.25) is 4.79 Å². The number of benzene rings is 1. The van der Waals surface area contributed by atoms with Gasteiger partial charge in [0.25, 0.3) is 5.91 Å². The van der Waals surface area contributed by atoms with E-state index in [2.05, 4.69) is 15.8 Å². The molecule has 2 amide bonds. The monoisotopic (exact) mass is 409 g/mol. The first-order valence-corrected chi connectivity index (χ1v) is 9.43. The van der Waals surface area contributed by atoms with Crippen molar-refractivity contribution < 1.29 is 23.6 Å². The lowest BCUT2D eigenvalue weighted by molar-refractivity contribution is 0.0917. The highest BCUT2D eigenvalue weighted by Crippen LogP contribution is 2.33. The van der Waals surface area contributed by atoms with Crippen LogP contribution in [0.4, 0.5) is 9.18 Å². The molecule has 2 unspecified atom stereocenters. The van der Waals surface area contributed by atoms with Gasteiger partial charge in [-0.1, -0.05) is 29.2 Å². The maximum Gasteiger partial charge on any atom is 0.404 e. The largest absolute Gasteiger partial charge is 0.465 e. The second-order valence-corrected chi connectivity index (χ2v) is 7.36. The van der Waals surface area contributed by atoms with Crippen molar-refractivity contribution in [3.63, 3.8) is 0 Å². The fourth-order valence-corrected chi connectivity index (χ4v) is 3.88. The first-order chi connectivity index (χ1) is 13.4. The maximum absolute atomic E-state index is 14.3. The number of rotatable bonds is 5. The summed E-state index contributed by atoms with van der Waals surface area (Å²) in [5.74, 6) is -0.580. The molecule has 1 aromatic heterocycles. The van der Waals surface area contributed by atoms with Crippen molar-refractivity contribution in [2.75, 3.05) is 6.54 Å². The fraction of sp³-hybridized carbons (Fsp3) is 0.421. The minimum Gasteiger partial charge on any atom is -0.465 e. The van der Waals surface area contributed by atoms with Gasteiger partial charge < -0.3 is 20.3 Å². The quantitative estimate of drug-likeness (QED) is 0.692. The molecule has 1 heterocycles. The molecule has 0 radical (unpaired) electrons. The first-order valence-electron chi connectivity index (χ1n) is 9.05. The van der Waals surface area contributed by atoms with Gasteiger partial charge in [0, 0.05) is 12.6 Å². The third kappa shape index (κ3) is 4.44. The van der Waals surface area contributed by atoms with Crippen LogP contribution in [0.15, 0.2) is 22.7 Å². The summed E-state index contributed by atoms with van der Waals surface area (Å²) in [7, 11) is 0. The molecular formula is C19H21ClFN3O4. The summed E-state index contributed by atoms with van der Waals surface area (Å²) in [6.45, 7) is 1.94. The van der Waals surface area contributed by atoms with E-state index < -0.39 is 17.8 Å². The number of amides is 2. The Kier molecular flexibility index (Phi) is 6.18. The van der Waals surface area contributed by atoms with Gasteiger partial charge >= 0.3 is 6.09 Å². The minimum absolute atomic E-state index is 0.0262. The van der Waals surface area contributed by atoms with E-state index >= 15 is 0 Å². The Morgan fingerprint density at radius 2 is 2.18 bits per heavy atom. The average molecular weight is 410 g/mol. The maximum atomic E-state index is 14.3. The molecule has 1 aromatic carbocycles. The molecule has 1 fully saturated rings. The summed E-state index contributed by atoms with van der Waals surface area (Å²) in [6, 6.07) is 4.13. The molecule has 0 aliphatic heterocycles. The van der Waals surface area contributed by atoms with E-state index in [0.717, 1.165) is 19.3 Å². The SMILES string of the molecule is Cc1onc(-c2c(F)cccc2Cl)c1C(=O)NC1CCCC(CNC(=O)O)C1. The predicted octanol–water partition coefficient (Wildman–Crippen LogP) is 4.00. The molecule has 2 atom stereocenters. The van der Waals surface area contributed by atoms with Crippen LogP contribution < -0.4 is 10.6 Å². The lowest BCUT2D eigenvalue weighted by atomic mass is 9.85. The smallest absolute Gasteiger partial charge is 0.404 e. The standard InChI is InChI=1S/C19H21ClFN3O4/c1-10-15(17(24-28-10)16-13(20)6-3-7-14(16)21)18(25)23-12-5-2-4-11(8-12)9-22-19(26)27/h3,6-7,11-12,22H,2,4-5,8-9H2,1H3,(H,23,25)(H,26,27). The van der Waals surface area contributed by atoms with Gasteiger partial charge in [-0.05, 0) is 44.2 Å². The van der Waals surface area contributed by atoms with Gasteiger partial charge in [-0.15, -0.1) is 0 Å². The van der Waals surface area contributed by atoms with E-state index in [0.29, 0.717) is 13.0 Å². The second kappa shape index (κ2) is 8.60. The Balaban J connectivity index is 1.77. The van der Waals surface area contributed by atoms with E-state index in [9.17, 15) is 14.0 Å². The lowest BCUT2D eigenvalue weighted by Gasteiger charge is -2.29. The van der Waals surface area contributed by atoms with Gasteiger partial charge in [0.1, 0.15) is 22.8 Å². The van der Waals surface area contributed by atoms with E-state index in [1.54, 1.807) is 6.92 Å². The Bertz CT molecular complexity index is 866. The normalized spacial score (nSPS) is 19.2. The molecule has 1 aliphatic rings. The molecule has 0 saturated heterocycles. The number of aromatic nitrogens is 1. The van der Waals surface area contributed by atoms with Crippen molar-refractivity contribution in [1.29, 1.82) is 0 Å². The van der Waals surface area contributed by atoms with Crippen LogP contribution in [0.25, 0.3) is 11.3 Å². The zero-order valence-corrected chi connectivity index (χ0v) is 16.1. The lowest BCUT2D eigenvalue weighted by Crippen LogP contribution is -2.41. The number of hydrogen-bond donors (Lipinski definition) is 3. The highest BCUT2D eigenvalue weighted by Gasteiger charge is 2.29. The van der Waals surface area contributed by atoms with Crippen LogP contribution >= 0.6 is 11.6 Å². The summed E-state index contributed by atoms with van der Waals surface area (Å²) in [5, 5.41) is 18.1. The Labute approximate surface area is 166 Å². The molecule has 1 saturated carbocycles. The van der Waals surface area contributed by atoms with Crippen molar-refractivity contribution in [3.05, 3.63) is 40.4 Å². The third-order valence-corrected chi connectivity index (χ3v) is 5.26. The van der Waals surface area contributed by atoms with Gasteiger partial charge in [0.2, 0.25) is 0 Å².